The van der Waals surface area contributed by atoms with E-state index < -0.39 is 11.6 Å². The first-order chi connectivity index (χ1) is 7.95. The summed E-state index contributed by atoms with van der Waals surface area (Å²) in [6.07, 6.45) is 2.56. The summed E-state index contributed by atoms with van der Waals surface area (Å²) < 4.78 is 4.57. The van der Waals surface area contributed by atoms with E-state index in [0.717, 1.165) is 13.1 Å². The molecule has 5 heteroatoms. The van der Waals surface area contributed by atoms with Crippen molar-refractivity contribution in [2.24, 2.45) is 0 Å². The van der Waals surface area contributed by atoms with Gasteiger partial charge in [0.1, 0.15) is 0 Å². The van der Waals surface area contributed by atoms with Crippen LogP contribution in [0.1, 0.15) is 19.8 Å². The van der Waals surface area contributed by atoms with Crippen molar-refractivity contribution in [1.82, 2.24) is 9.80 Å². The first-order valence-corrected chi connectivity index (χ1v) is 6.17. The first kappa shape index (κ1) is 14.4. The number of esters is 1. The van der Waals surface area contributed by atoms with Gasteiger partial charge < -0.3 is 19.6 Å². The number of carbonyl (C=O) groups excluding carboxylic acids is 1. The van der Waals surface area contributed by atoms with Crippen molar-refractivity contribution in [3.63, 3.8) is 0 Å². The van der Waals surface area contributed by atoms with Crippen LogP contribution in [0.2, 0.25) is 0 Å². The van der Waals surface area contributed by atoms with Gasteiger partial charge in [0.15, 0.2) is 5.60 Å². The minimum Gasteiger partial charge on any atom is -0.467 e. The molecule has 0 aromatic rings. The summed E-state index contributed by atoms with van der Waals surface area (Å²) in [5.74, 6) is -0.578. The Balaban J connectivity index is 2.27. The van der Waals surface area contributed by atoms with Gasteiger partial charge in [0.05, 0.1) is 7.11 Å². The van der Waals surface area contributed by atoms with Crippen molar-refractivity contribution in [2.75, 3.05) is 46.9 Å². The van der Waals surface area contributed by atoms with Gasteiger partial charge in [-0.25, -0.2) is 4.79 Å². The number of rotatable bonds is 6. The van der Waals surface area contributed by atoms with E-state index in [4.69, 9.17) is 0 Å². The van der Waals surface area contributed by atoms with Crippen LogP contribution in [-0.4, -0.2) is 73.4 Å². The Hall–Kier alpha value is -0.650. The molecule has 1 rings (SSSR count). The zero-order chi connectivity index (χ0) is 12.9. The van der Waals surface area contributed by atoms with Gasteiger partial charge in [0.2, 0.25) is 0 Å². The standard InChI is InChI=1S/C12H24N2O3/c1-12(16,11(15)17-3)10-13(2)8-9-14-6-4-5-7-14/h16H,4-10H2,1-3H3. The molecule has 5 nitrogen and oxygen atoms in total. The van der Waals surface area contributed by atoms with Gasteiger partial charge in [-0.05, 0) is 39.9 Å². The summed E-state index contributed by atoms with van der Waals surface area (Å²) in [4.78, 5) is 15.7. The lowest BCUT2D eigenvalue weighted by Crippen LogP contribution is -2.47. The van der Waals surface area contributed by atoms with E-state index in [9.17, 15) is 9.90 Å². The van der Waals surface area contributed by atoms with Gasteiger partial charge in [-0.15, -0.1) is 0 Å². The van der Waals surface area contributed by atoms with Gasteiger partial charge in [0, 0.05) is 19.6 Å². The molecule has 0 aromatic heterocycles. The van der Waals surface area contributed by atoms with Crippen LogP contribution < -0.4 is 0 Å². The molecule has 0 aliphatic carbocycles. The molecule has 0 spiro atoms. The van der Waals surface area contributed by atoms with Crippen LogP contribution in [0.4, 0.5) is 0 Å². The van der Waals surface area contributed by atoms with Crippen molar-refractivity contribution in [2.45, 2.75) is 25.4 Å². The van der Waals surface area contributed by atoms with Crippen molar-refractivity contribution < 1.29 is 14.6 Å². The lowest BCUT2D eigenvalue weighted by atomic mass is 10.1. The monoisotopic (exact) mass is 244 g/mol. The van der Waals surface area contributed by atoms with Crippen LogP contribution in [0.25, 0.3) is 0 Å². The van der Waals surface area contributed by atoms with Crippen molar-refractivity contribution >= 4 is 5.97 Å². The van der Waals surface area contributed by atoms with Crippen molar-refractivity contribution in [3.05, 3.63) is 0 Å². The summed E-state index contributed by atoms with van der Waals surface area (Å²) in [6, 6.07) is 0. The second-order valence-corrected chi connectivity index (χ2v) is 5.05. The molecule has 100 valence electrons. The van der Waals surface area contributed by atoms with Gasteiger partial charge in [-0.1, -0.05) is 0 Å². The Labute approximate surface area is 103 Å². The Morgan fingerprint density at radius 3 is 2.59 bits per heavy atom. The van der Waals surface area contributed by atoms with Crippen LogP contribution >= 0.6 is 0 Å². The Kier molecular flexibility index (Phi) is 5.36. The summed E-state index contributed by atoms with van der Waals surface area (Å²) in [5.41, 5.74) is -1.42. The van der Waals surface area contributed by atoms with Crippen LogP contribution in [-0.2, 0) is 9.53 Å². The molecule has 1 aliphatic heterocycles. The number of hydrogen-bond donors (Lipinski definition) is 1. The molecular formula is C12H24N2O3. The Morgan fingerprint density at radius 1 is 1.47 bits per heavy atom. The maximum absolute atomic E-state index is 11.3. The highest BCUT2D eigenvalue weighted by atomic mass is 16.5. The number of likely N-dealkylation sites (tertiary alicyclic amines) is 1. The van der Waals surface area contributed by atoms with E-state index in [1.54, 1.807) is 0 Å². The van der Waals surface area contributed by atoms with E-state index in [2.05, 4.69) is 9.64 Å². The molecule has 0 radical (unpaired) electrons. The topological polar surface area (TPSA) is 53.0 Å². The van der Waals surface area contributed by atoms with E-state index in [-0.39, 0.29) is 0 Å². The highest BCUT2D eigenvalue weighted by Gasteiger charge is 2.32. The van der Waals surface area contributed by atoms with Crippen LogP contribution in [0.3, 0.4) is 0 Å². The molecule has 0 aromatic carbocycles. The van der Waals surface area contributed by atoms with E-state index >= 15 is 0 Å². The first-order valence-electron chi connectivity index (χ1n) is 6.17. The number of likely N-dealkylation sites (N-methyl/N-ethyl adjacent to an activating group) is 1. The number of aliphatic hydroxyl groups is 1. The molecule has 0 saturated carbocycles. The lowest BCUT2D eigenvalue weighted by Gasteiger charge is -2.28. The fourth-order valence-electron chi connectivity index (χ4n) is 2.21. The normalized spacial score (nSPS) is 20.5. The van der Waals surface area contributed by atoms with Crippen LogP contribution in [0.15, 0.2) is 0 Å². The van der Waals surface area contributed by atoms with Crippen molar-refractivity contribution in [1.29, 1.82) is 0 Å². The summed E-state index contributed by atoms with van der Waals surface area (Å²) in [6.45, 7) is 5.97. The fraction of sp³-hybridized carbons (Fsp3) is 0.917. The molecule has 17 heavy (non-hydrogen) atoms. The number of hydrogen-bond acceptors (Lipinski definition) is 5. The minimum absolute atomic E-state index is 0.299. The molecule has 1 heterocycles. The molecule has 0 bridgehead atoms. The SMILES string of the molecule is COC(=O)C(C)(O)CN(C)CCN1CCCC1. The largest absolute Gasteiger partial charge is 0.467 e. The summed E-state index contributed by atoms with van der Waals surface area (Å²) in [5, 5.41) is 9.92. The lowest BCUT2D eigenvalue weighted by molar-refractivity contribution is -0.162. The summed E-state index contributed by atoms with van der Waals surface area (Å²) in [7, 11) is 3.20. The van der Waals surface area contributed by atoms with E-state index in [1.165, 1.54) is 40.0 Å². The third-order valence-electron chi connectivity index (χ3n) is 3.20. The molecular weight excluding hydrogens is 220 g/mol. The molecule has 1 aliphatic rings. The third-order valence-corrected chi connectivity index (χ3v) is 3.20. The van der Waals surface area contributed by atoms with Crippen molar-refractivity contribution in [3.8, 4) is 0 Å². The highest BCUT2D eigenvalue weighted by molar-refractivity contribution is 5.78. The van der Waals surface area contributed by atoms with Crippen LogP contribution in [0.5, 0.6) is 0 Å². The molecule has 1 fully saturated rings. The highest BCUT2D eigenvalue weighted by Crippen LogP contribution is 2.09. The maximum atomic E-state index is 11.3. The predicted octanol–water partition coefficient (Wildman–Crippen LogP) is -0.0620. The van der Waals surface area contributed by atoms with Gasteiger partial charge in [-0.2, -0.15) is 0 Å². The number of nitrogens with zero attached hydrogens (tertiary/aromatic N) is 2. The molecule has 1 atom stereocenters. The average Bonchev–Trinajstić information content (AvgIpc) is 2.77. The average molecular weight is 244 g/mol. The number of carbonyl (C=O) groups is 1. The van der Waals surface area contributed by atoms with E-state index in [0.29, 0.717) is 6.54 Å². The zero-order valence-electron chi connectivity index (χ0n) is 11.1. The quantitative estimate of drug-likeness (QED) is 0.663. The second kappa shape index (κ2) is 6.33. The molecule has 1 N–H and O–H groups in total. The summed E-state index contributed by atoms with van der Waals surface area (Å²) >= 11 is 0. The van der Waals surface area contributed by atoms with Crippen LogP contribution in [0, 0.1) is 0 Å². The third kappa shape index (κ3) is 4.61. The predicted molar refractivity (Wildman–Crippen MR) is 65.8 cm³/mol. The molecule has 1 unspecified atom stereocenters. The second-order valence-electron chi connectivity index (χ2n) is 5.05. The Bertz CT molecular complexity index is 250. The van der Waals surface area contributed by atoms with E-state index in [1.807, 2.05) is 11.9 Å². The fourth-order valence-corrected chi connectivity index (χ4v) is 2.21. The number of ether oxygens (including phenoxy) is 1. The zero-order valence-corrected chi connectivity index (χ0v) is 11.1. The number of methoxy groups -OCH3 is 1. The molecule has 1 saturated heterocycles. The van der Waals surface area contributed by atoms with Gasteiger partial charge in [0.25, 0.3) is 0 Å². The smallest absolute Gasteiger partial charge is 0.338 e. The van der Waals surface area contributed by atoms with Gasteiger partial charge >= 0.3 is 5.97 Å². The molecule has 0 amide bonds. The van der Waals surface area contributed by atoms with Gasteiger partial charge in [-0.3, -0.25) is 0 Å². The maximum Gasteiger partial charge on any atom is 0.338 e. The minimum atomic E-state index is -1.42. The Morgan fingerprint density at radius 2 is 2.06 bits per heavy atom.